The smallest absolute Gasteiger partial charge is 0.321 e. The summed E-state index contributed by atoms with van der Waals surface area (Å²) < 4.78 is 13.8. The number of nitrogens with zero attached hydrogens (tertiary/aromatic N) is 2. The fraction of sp³-hybridized carbons (Fsp3) is 0.333. The van der Waals surface area contributed by atoms with E-state index in [1.807, 2.05) is 35.2 Å². The molecule has 0 aliphatic carbocycles. The summed E-state index contributed by atoms with van der Waals surface area (Å²) in [4.78, 5) is 28.9. The maximum Gasteiger partial charge on any atom is 0.321 e. The number of anilines is 1. The molecule has 2 saturated heterocycles. The van der Waals surface area contributed by atoms with Crippen LogP contribution in [0, 0.1) is 5.82 Å². The van der Waals surface area contributed by atoms with Crippen LogP contribution in [0.4, 0.5) is 14.9 Å². The summed E-state index contributed by atoms with van der Waals surface area (Å²) in [6, 6.07) is 15.2. The van der Waals surface area contributed by atoms with Crippen molar-refractivity contribution >= 4 is 29.4 Å². The van der Waals surface area contributed by atoms with Crippen LogP contribution in [0.1, 0.15) is 23.2 Å². The van der Waals surface area contributed by atoms with Crippen LogP contribution in [0.2, 0.25) is 0 Å². The number of thioether (sulfide) groups is 1. The number of rotatable bonds is 2. The molecule has 7 heteroatoms. The van der Waals surface area contributed by atoms with Gasteiger partial charge in [0.2, 0.25) is 0 Å². The SMILES string of the molecule is O=C(Nc1ccccc1F)N1CCC2(CC1)SCCN2C(=O)c1ccccc1. The molecular weight excluding hydrogens is 377 g/mol. The molecule has 5 nitrogen and oxygen atoms in total. The number of halogens is 1. The Morgan fingerprint density at radius 2 is 1.64 bits per heavy atom. The molecule has 0 bridgehead atoms. The van der Waals surface area contributed by atoms with Crippen molar-refractivity contribution in [1.82, 2.24) is 9.80 Å². The average molecular weight is 399 g/mol. The van der Waals surface area contributed by atoms with Gasteiger partial charge in [-0.2, -0.15) is 0 Å². The Morgan fingerprint density at radius 1 is 0.964 bits per heavy atom. The van der Waals surface area contributed by atoms with E-state index in [1.54, 1.807) is 34.9 Å². The van der Waals surface area contributed by atoms with Crippen molar-refractivity contribution in [3.63, 3.8) is 0 Å². The largest absolute Gasteiger partial charge is 0.324 e. The predicted molar refractivity (Wildman–Crippen MR) is 109 cm³/mol. The van der Waals surface area contributed by atoms with Crippen LogP contribution in [0.3, 0.4) is 0 Å². The first kappa shape index (κ1) is 18.8. The highest BCUT2D eigenvalue weighted by atomic mass is 32.2. The molecule has 1 spiro atoms. The first-order valence-corrected chi connectivity index (χ1v) is 10.4. The van der Waals surface area contributed by atoms with Crippen molar-refractivity contribution in [3.05, 3.63) is 66.0 Å². The number of benzene rings is 2. The topological polar surface area (TPSA) is 52.7 Å². The van der Waals surface area contributed by atoms with Gasteiger partial charge in [-0.1, -0.05) is 30.3 Å². The van der Waals surface area contributed by atoms with Gasteiger partial charge < -0.3 is 15.1 Å². The summed E-state index contributed by atoms with van der Waals surface area (Å²) in [5, 5.41) is 2.64. The fourth-order valence-electron chi connectivity index (χ4n) is 3.86. The highest BCUT2D eigenvalue weighted by Crippen LogP contribution is 2.44. The minimum Gasteiger partial charge on any atom is -0.324 e. The van der Waals surface area contributed by atoms with Crippen molar-refractivity contribution in [2.45, 2.75) is 17.7 Å². The molecule has 1 N–H and O–H groups in total. The summed E-state index contributed by atoms with van der Waals surface area (Å²) in [6.07, 6.45) is 1.42. The Morgan fingerprint density at radius 3 is 2.36 bits per heavy atom. The average Bonchev–Trinajstić information content (AvgIpc) is 3.13. The predicted octanol–water partition coefficient (Wildman–Crippen LogP) is 4.04. The maximum atomic E-state index is 13.8. The molecule has 2 aliphatic heterocycles. The van der Waals surface area contributed by atoms with Crippen molar-refractivity contribution in [3.8, 4) is 0 Å². The molecule has 28 heavy (non-hydrogen) atoms. The minimum atomic E-state index is -0.449. The number of amides is 3. The third kappa shape index (κ3) is 3.58. The molecule has 2 aromatic carbocycles. The van der Waals surface area contributed by atoms with Gasteiger partial charge in [-0.15, -0.1) is 11.8 Å². The molecule has 2 aliphatic rings. The third-order valence-electron chi connectivity index (χ3n) is 5.39. The molecule has 3 amide bonds. The second kappa shape index (κ2) is 7.83. The van der Waals surface area contributed by atoms with Crippen molar-refractivity contribution in [1.29, 1.82) is 0 Å². The molecule has 2 aromatic rings. The summed E-state index contributed by atoms with van der Waals surface area (Å²) in [6.45, 7) is 1.79. The summed E-state index contributed by atoms with van der Waals surface area (Å²) >= 11 is 1.80. The lowest BCUT2D eigenvalue weighted by Crippen LogP contribution is -2.54. The van der Waals surface area contributed by atoms with Crippen LogP contribution in [0.15, 0.2) is 54.6 Å². The third-order valence-corrected chi connectivity index (χ3v) is 6.94. The van der Waals surface area contributed by atoms with Crippen LogP contribution < -0.4 is 5.32 Å². The van der Waals surface area contributed by atoms with Gasteiger partial charge in [0.05, 0.1) is 10.6 Å². The van der Waals surface area contributed by atoms with Crippen molar-refractivity contribution in [2.75, 3.05) is 30.7 Å². The number of para-hydroxylation sites is 1. The van der Waals surface area contributed by atoms with Crippen molar-refractivity contribution < 1.29 is 14.0 Å². The highest BCUT2D eigenvalue weighted by molar-refractivity contribution is 8.00. The zero-order valence-electron chi connectivity index (χ0n) is 15.4. The summed E-state index contributed by atoms with van der Waals surface area (Å²) in [7, 11) is 0. The summed E-state index contributed by atoms with van der Waals surface area (Å²) in [5.41, 5.74) is 0.882. The molecule has 0 radical (unpaired) electrons. The normalized spacial score (nSPS) is 18.3. The lowest BCUT2D eigenvalue weighted by atomic mass is 10.0. The van der Waals surface area contributed by atoms with Gasteiger partial charge in [-0.25, -0.2) is 9.18 Å². The van der Waals surface area contributed by atoms with Crippen LogP contribution in [-0.4, -0.2) is 52.0 Å². The second-order valence-corrected chi connectivity index (χ2v) is 8.47. The molecule has 0 aromatic heterocycles. The van der Waals surface area contributed by atoms with Gasteiger partial charge in [0, 0.05) is 31.0 Å². The summed E-state index contributed by atoms with van der Waals surface area (Å²) in [5.74, 6) is 0.505. The van der Waals surface area contributed by atoms with E-state index in [0.29, 0.717) is 31.5 Å². The van der Waals surface area contributed by atoms with Crippen molar-refractivity contribution in [2.24, 2.45) is 0 Å². The van der Waals surface area contributed by atoms with E-state index in [2.05, 4.69) is 5.32 Å². The molecule has 0 atom stereocenters. The van der Waals surface area contributed by atoms with E-state index in [-0.39, 0.29) is 22.5 Å². The van der Waals surface area contributed by atoms with Crippen LogP contribution in [-0.2, 0) is 0 Å². The second-order valence-electron chi connectivity index (χ2n) is 7.01. The lowest BCUT2D eigenvalue weighted by Gasteiger charge is -2.44. The Hall–Kier alpha value is -2.54. The Bertz CT molecular complexity index is 869. The molecule has 0 unspecified atom stereocenters. The Balaban J connectivity index is 1.42. The van der Waals surface area contributed by atoms with Gasteiger partial charge in [0.25, 0.3) is 5.91 Å². The minimum absolute atomic E-state index is 0.0508. The van der Waals surface area contributed by atoms with Crippen LogP contribution in [0.5, 0.6) is 0 Å². The van der Waals surface area contributed by atoms with Crippen LogP contribution >= 0.6 is 11.8 Å². The molecule has 2 heterocycles. The number of hydrogen-bond acceptors (Lipinski definition) is 3. The Labute approximate surface area is 167 Å². The first-order valence-electron chi connectivity index (χ1n) is 9.40. The molecule has 4 rings (SSSR count). The zero-order valence-corrected chi connectivity index (χ0v) is 16.3. The quantitative estimate of drug-likeness (QED) is 0.829. The lowest BCUT2D eigenvalue weighted by molar-refractivity contribution is 0.0585. The molecular formula is C21H22FN3O2S. The standard InChI is InChI=1S/C21H22FN3O2S/c22-17-8-4-5-9-18(17)23-20(27)24-12-10-21(11-13-24)25(14-15-28-21)19(26)16-6-2-1-3-7-16/h1-9H,10-15H2,(H,23,27). The fourth-order valence-corrected chi connectivity index (χ4v) is 5.32. The monoisotopic (exact) mass is 399 g/mol. The molecule has 146 valence electrons. The van der Waals surface area contributed by atoms with Gasteiger partial charge in [-0.3, -0.25) is 4.79 Å². The number of piperidine rings is 1. The van der Waals surface area contributed by atoms with Crippen LogP contribution in [0.25, 0.3) is 0 Å². The van der Waals surface area contributed by atoms with E-state index < -0.39 is 5.82 Å². The molecule has 2 fully saturated rings. The number of likely N-dealkylation sites (tertiary alicyclic amines) is 1. The zero-order chi connectivity index (χ0) is 19.6. The van der Waals surface area contributed by atoms with E-state index in [0.717, 1.165) is 12.3 Å². The number of hydrogen-bond donors (Lipinski definition) is 1. The number of carbonyl (C=O) groups is 2. The maximum absolute atomic E-state index is 13.8. The van der Waals surface area contributed by atoms with E-state index in [1.165, 1.54) is 6.07 Å². The van der Waals surface area contributed by atoms with Gasteiger partial charge >= 0.3 is 6.03 Å². The van der Waals surface area contributed by atoms with Gasteiger partial charge in [-0.05, 0) is 37.1 Å². The number of carbonyl (C=O) groups excluding carboxylic acids is 2. The first-order chi connectivity index (χ1) is 13.6. The van der Waals surface area contributed by atoms with E-state index in [4.69, 9.17) is 0 Å². The van der Waals surface area contributed by atoms with Gasteiger partial charge in [0.1, 0.15) is 5.82 Å². The van der Waals surface area contributed by atoms with Gasteiger partial charge in [0.15, 0.2) is 0 Å². The Kier molecular flexibility index (Phi) is 5.26. The van der Waals surface area contributed by atoms with E-state index in [9.17, 15) is 14.0 Å². The number of urea groups is 1. The highest BCUT2D eigenvalue weighted by Gasteiger charge is 2.47. The van der Waals surface area contributed by atoms with E-state index >= 15 is 0 Å². The molecule has 0 saturated carbocycles. The number of nitrogens with one attached hydrogen (secondary N) is 1.